The Morgan fingerprint density at radius 1 is 1.05 bits per heavy atom. The van der Waals surface area contributed by atoms with Crippen molar-refractivity contribution in [1.82, 2.24) is 24.0 Å². The second kappa shape index (κ2) is 12.4. The van der Waals surface area contributed by atoms with Crippen LogP contribution in [0.25, 0.3) is 0 Å². The number of nitrogens with zero attached hydrogens (tertiary/aromatic N) is 5. The number of hydrogen-bond donors (Lipinski definition) is 1. The lowest BCUT2D eigenvalue weighted by atomic mass is 10.2. The van der Waals surface area contributed by atoms with Crippen LogP contribution in [-0.2, 0) is 21.4 Å². The predicted octanol–water partition coefficient (Wildman–Crippen LogP) is 4.24. The van der Waals surface area contributed by atoms with Gasteiger partial charge in [0.15, 0.2) is 11.0 Å². The second-order valence-corrected chi connectivity index (χ2v) is 12.9. The first-order chi connectivity index (χ1) is 18.2. The van der Waals surface area contributed by atoms with Gasteiger partial charge in [-0.15, -0.1) is 10.2 Å². The summed E-state index contributed by atoms with van der Waals surface area (Å²) in [4.78, 5) is 15.4. The van der Waals surface area contributed by atoms with E-state index in [1.807, 2.05) is 39.2 Å². The lowest BCUT2D eigenvalue weighted by molar-refractivity contribution is -0.115. The summed E-state index contributed by atoms with van der Waals surface area (Å²) in [6.07, 6.45) is 2.65. The Morgan fingerprint density at radius 3 is 2.32 bits per heavy atom. The summed E-state index contributed by atoms with van der Waals surface area (Å²) in [6.45, 7) is 5.67. The maximum atomic E-state index is 13.1. The van der Waals surface area contributed by atoms with E-state index in [2.05, 4.69) is 44.0 Å². The van der Waals surface area contributed by atoms with E-state index in [9.17, 15) is 13.2 Å². The average molecular weight is 557 g/mol. The summed E-state index contributed by atoms with van der Waals surface area (Å²) in [5, 5.41) is 12.1. The molecule has 1 N–H and O–H groups in total. The van der Waals surface area contributed by atoms with Crippen molar-refractivity contribution in [3.8, 4) is 0 Å². The van der Waals surface area contributed by atoms with Crippen molar-refractivity contribution in [2.75, 3.05) is 32.5 Å². The van der Waals surface area contributed by atoms with Crippen molar-refractivity contribution < 1.29 is 13.2 Å². The van der Waals surface area contributed by atoms with Gasteiger partial charge in [-0.1, -0.05) is 49.0 Å². The molecule has 0 aliphatic carbocycles. The Balaban J connectivity index is 1.48. The number of hydrogen-bond acceptors (Lipinski definition) is 7. The van der Waals surface area contributed by atoms with Crippen LogP contribution >= 0.6 is 11.8 Å². The number of benzene rings is 2. The fraction of sp³-hybridized carbons (Fsp3) is 0.444. The fourth-order valence-electron chi connectivity index (χ4n) is 4.57. The van der Waals surface area contributed by atoms with E-state index in [0.29, 0.717) is 30.5 Å². The monoisotopic (exact) mass is 556 g/mol. The largest absolute Gasteiger partial charge is 0.325 e. The van der Waals surface area contributed by atoms with E-state index in [0.717, 1.165) is 30.7 Å². The number of nitrogens with one attached hydrogen (secondary N) is 1. The van der Waals surface area contributed by atoms with Gasteiger partial charge in [-0.3, -0.25) is 9.69 Å². The van der Waals surface area contributed by atoms with Crippen molar-refractivity contribution in [2.24, 2.45) is 0 Å². The molecule has 4 rings (SSSR count). The first-order valence-corrected chi connectivity index (χ1v) is 15.2. The third kappa shape index (κ3) is 6.45. The molecule has 0 bridgehead atoms. The van der Waals surface area contributed by atoms with Crippen LogP contribution < -0.4 is 5.32 Å². The molecule has 1 aromatic heterocycles. The van der Waals surface area contributed by atoms with E-state index in [1.165, 1.54) is 16.1 Å². The van der Waals surface area contributed by atoms with Crippen molar-refractivity contribution >= 4 is 33.4 Å². The Kier molecular flexibility index (Phi) is 9.24. The van der Waals surface area contributed by atoms with Crippen molar-refractivity contribution in [3.63, 3.8) is 0 Å². The molecule has 1 aliphatic heterocycles. The summed E-state index contributed by atoms with van der Waals surface area (Å²) in [7, 11) is 0.566. The number of anilines is 1. The predicted molar refractivity (Wildman–Crippen MR) is 151 cm³/mol. The summed E-state index contributed by atoms with van der Waals surface area (Å²) >= 11 is 1.36. The summed E-state index contributed by atoms with van der Waals surface area (Å²) in [6, 6.07) is 16.6. The molecule has 9 nitrogen and oxygen atoms in total. The Morgan fingerprint density at radius 2 is 1.71 bits per heavy atom. The van der Waals surface area contributed by atoms with Gasteiger partial charge in [0.2, 0.25) is 15.9 Å². The standard InChI is InChI=1S/C27H36N6O3S2/c1-5-24(31(3)4)25-29-30-27(33(25)19-21-11-7-6-8-12-21)37-20(2)26(34)28-22-13-15-23(16-14-22)38(35,36)32-17-9-10-18-32/h6-8,11-16,20,24H,5,9-10,17-19H2,1-4H3,(H,28,34)/t20-,24+/m1/s1. The highest BCUT2D eigenvalue weighted by atomic mass is 32.2. The molecule has 2 heterocycles. The topological polar surface area (TPSA) is 100 Å². The van der Waals surface area contributed by atoms with Gasteiger partial charge in [0, 0.05) is 18.8 Å². The molecular formula is C27H36N6O3S2. The van der Waals surface area contributed by atoms with Crippen LogP contribution in [-0.4, -0.2) is 70.7 Å². The number of thioether (sulfide) groups is 1. The number of carbonyl (C=O) groups excluding carboxylic acids is 1. The zero-order valence-electron chi connectivity index (χ0n) is 22.4. The molecule has 1 amide bonds. The van der Waals surface area contributed by atoms with Crippen LogP contribution in [0.4, 0.5) is 5.69 Å². The van der Waals surface area contributed by atoms with Gasteiger partial charge in [0.1, 0.15) is 0 Å². The van der Waals surface area contributed by atoms with Crippen LogP contribution in [0.1, 0.15) is 50.5 Å². The minimum absolute atomic E-state index is 0.0973. The smallest absolute Gasteiger partial charge is 0.243 e. The Labute approximate surface area is 229 Å². The normalized spacial score (nSPS) is 16.0. The van der Waals surface area contributed by atoms with Gasteiger partial charge in [-0.05, 0) is 70.1 Å². The first kappa shape index (κ1) is 28.3. The van der Waals surface area contributed by atoms with Gasteiger partial charge in [0.05, 0.1) is 22.7 Å². The van der Waals surface area contributed by atoms with Crippen LogP contribution in [0.5, 0.6) is 0 Å². The molecule has 0 unspecified atom stereocenters. The van der Waals surface area contributed by atoms with E-state index >= 15 is 0 Å². The Bertz CT molecular complexity index is 1320. The minimum atomic E-state index is -3.49. The van der Waals surface area contributed by atoms with E-state index in [4.69, 9.17) is 0 Å². The molecule has 11 heteroatoms. The van der Waals surface area contributed by atoms with Gasteiger partial charge in [0.25, 0.3) is 0 Å². The van der Waals surface area contributed by atoms with Crippen molar-refractivity contribution in [3.05, 3.63) is 66.0 Å². The third-order valence-corrected chi connectivity index (χ3v) is 9.71. The zero-order chi connectivity index (χ0) is 27.3. The molecule has 204 valence electrons. The number of amides is 1. The van der Waals surface area contributed by atoms with Crippen LogP contribution in [0.3, 0.4) is 0 Å². The van der Waals surface area contributed by atoms with Crippen LogP contribution in [0.2, 0.25) is 0 Å². The highest BCUT2D eigenvalue weighted by Crippen LogP contribution is 2.29. The second-order valence-electron chi connectivity index (χ2n) is 9.69. The summed E-state index contributed by atoms with van der Waals surface area (Å²) in [5.41, 5.74) is 1.68. The van der Waals surface area contributed by atoms with Gasteiger partial charge in [-0.25, -0.2) is 8.42 Å². The van der Waals surface area contributed by atoms with E-state index < -0.39 is 15.3 Å². The van der Waals surface area contributed by atoms with Gasteiger partial charge in [-0.2, -0.15) is 4.31 Å². The van der Waals surface area contributed by atoms with Crippen molar-refractivity contribution in [2.45, 2.75) is 61.0 Å². The summed E-state index contributed by atoms with van der Waals surface area (Å²) in [5.74, 6) is 0.673. The van der Waals surface area contributed by atoms with Crippen molar-refractivity contribution in [1.29, 1.82) is 0 Å². The number of sulfonamides is 1. The van der Waals surface area contributed by atoms with Gasteiger partial charge >= 0.3 is 0 Å². The molecule has 0 radical (unpaired) electrons. The average Bonchev–Trinajstić information content (AvgIpc) is 3.57. The maximum Gasteiger partial charge on any atom is 0.243 e. The fourth-order valence-corrected chi connectivity index (χ4v) is 6.94. The highest BCUT2D eigenvalue weighted by molar-refractivity contribution is 8.00. The molecule has 2 atom stereocenters. The highest BCUT2D eigenvalue weighted by Gasteiger charge is 2.28. The van der Waals surface area contributed by atoms with Crippen LogP contribution in [0, 0.1) is 0 Å². The molecule has 2 aromatic carbocycles. The third-order valence-electron chi connectivity index (χ3n) is 6.71. The molecule has 1 fully saturated rings. The molecular weight excluding hydrogens is 520 g/mol. The lowest BCUT2D eigenvalue weighted by Crippen LogP contribution is -2.28. The number of aromatic nitrogens is 3. The lowest BCUT2D eigenvalue weighted by Gasteiger charge is -2.23. The number of carbonyl (C=O) groups is 1. The molecule has 38 heavy (non-hydrogen) atoms. The molecule has 0 saturated carbocycles. The van der Waals surface area contributed by atoms with Crippen LogP contribution in [0.15, 0.2) is 64.6 Å². The number of rotatable bonds is 11. The zero-order valence-corrected chi connectivity index (χ0v) is 24.0. The first-order valence-electron chi connectivity index (χ1n) is 12.9. The SMILES string of the molecule is CC[C@@H](c1nnc(S[C@H](C)C(=O)Nc2ccc(S(=O)(=O)N3CCCC3)cc2)n1Cc1ccccc1)N(C)C. The molecule has 1 saturated heterocycles. The molecule has 3 aromatic rings. The quantitative estimate of drug-likeness (QED) is 0.353. The molecule has 0 spiro atoms. The Hall–Kier alpha value is -2.73. The molecule has 1 aliphatic rings. The summed E-state index contributed by atoms with van der Waals surface area (Å²) < 4.78 is 29.2. The van der Waals surface area contributed by atoms with E-state index in [1.54, 1.807) is 24.3 Å². The maximum absolute atomic E-state index is 13.1. The van der Waals surface area contributed by atoms with E-state index in [-0.39, 0.29) is 16.8 Å². The minimum Gasteiger partial charge on any atom is -0.325 e. The van der Waals surface area contributed by atoms with Gasteiger partial charge < -0.3 is 9.88 Å².